The van der Waals surface area contributed by atoms with Crippen molar-refractivity contribution in [1.29, 1.82) is 5.26 Å². The molecule has 7 nitrogen and oxygen atoms in total. The molecule has 1 amide bonds. The van der Waals surface area contributed by atoms with Crippen LogP contribution in [0.25, 0.3) is 22.0 Å². The molecule has 0 N–H and O–H groups in total. The van der Waals surface area contributed by atoms with Crippen molar-refractivity contribution in [3.8, 4) is 23.1 Å². The van der Waals surface area contributed by atoms with Crippen molar-refractivity contribution in [2.75, 3.05) is 18.6 Å². The molecule has 1 heterocycles. The second-order valence-corrected chi connectivity index (χ2v) is 8.38. The van der Waals surface area contributed by atoms with Crippen molar-refractivity contribution in [2.24, 2.45) is 0 Å². The third-order valence-electron chi connectivity index (χ3n) is 4.49. The Labute approximate surface area is 191 Å². The van der Waals surface area contributed by atoms with Gasteiger partial charge in [0.2, 0.25) is 5.28 Å². The molecule has 0 aliphatic rings. The maximum atomic E-state index is 13.2. The number of halogens is 1. The van der Waals surface area contributed by atoms with Crippen LogP contribution in [0.15, 0.2) is 54.7 Å². The topological polar surface area (TPSA) is 88.3 Å². The number of methoxy groups -OCH3 is 1. The molecule has 0 atom stereocenters. The summed E-state index contributed by atoms with van der Waals surface area (Å²) in [5, 5.41) is 11.0. The number of ether oxygens (including phenoxy) is 2. The molecule has 0 aliphatic carbocycles. The number of amides is 1. The van der Waals surface area contributed by atoms with Gasteiger partial charge in [-0.2, -0.15) is 5.26 Å². The minimum atomic E-state index is -0.732. The van der Waals surface area contributed by atoms with Crippen LogP contribution in [0.3, 0.4) is 0 Å². The average Bonchev–Trinajstić information content (AvgIpc) is 2.75. The van der Waals surface area contributed by atoms with Crippen molar-refractivity contribution < 1.29 is 14.3 Å². The summed E-state index contributed by atoms with van der Waals surface area (Å²) in [6.45, 7) is 9.03. The largest absolute Gasteiger partial charge is 0.495 e. The standard InChI is InChI=1S/C24H23ClN4O3/c1-15(13-26)14-29(23(30)32-24(2,3)4)21-18-12-17(19-10-11-27-22(25)28-19)7-6-16(18)8-9-20(21)31-5/h6-12H,1,14H2,2-5H3. The predicted molar refractivity (Wildman–Crippen MR) is 125 cm³/mol. The Balaban J connectivity index is 2.25. The van der Waals surface area contributed by atoms with Crippen LogP contribution in [0.1, 0.15) is 20.8 Å². The Morgan fingerprint density at radius 2 is 1.97 bits per heavy atom. The van der Waals surface area contributed by atoms with E-state index in [1.165, 1.54) is 12.0 Å². The highest BCUT2D eigenvalue weighted by Gasteiger charge is 2.28. The smallest absolute Gasteiger partial charge is 0.415 e. The van der Waals surface area contributed by atoms with E-state index in [9.17, 15) is 10.1 Å². The van der Waals surface area contributed by atoms with Gasteiger partial charge in [-0.25, -0.2) is 14.8 Å². The summed E-state index contributed by atoms with van der Waals surface area (Å²) in [4.78, 5) is 22.7. The van der Waals surface area contributed by atoms with Crippen molar-refractivity contribution in [3.63, 3.8) is 0 Å². The van der Waals surface area contributed by atoms with E-state index in [0.29, 0.717) is 22.5 Å². The third kappa shape index (κ3) is 5.16. The number of carbonyl (C=O) groups excluding carboxylic acids is 1. The SMILES string of the molecule is C=C(C#N)CN(C(=O)OC(C)(C)C)c1c(OC)ccc2ccc(-c3ccnc(Cl)n3)cc12. The van der Waals surface area contributed by atoms with Gasteiger partial charge in [-0.05, 0) is 56.0 Å². The highest BCUT2D eigenvalue weighted by Crippen LogP contribution is 2.39. The van der Waals surface area contributed by atoms with Gasteiger partial charge in [-0.3, -0.25) is 4.90 Å². The van der Waals surface area contributed by atoms with Gasteiger partial charge in [0.05, 0.1) is 31.1 Å². The van der Waals surface area contributed by atoms with Gasteiger partial charge in [0.25, 0.3) is 0 Å². The summed E-state index contributed by atoms with van der Waals surface area (Å²) in [6.07, 6.45) is 0.959. The number of hydrogen-bond donors (Lipinski definition) is 0. The molecule has 1 aromatic heterocycles. The summed E-state index contributed by atoms with van der Waals surface area (Å²) in [5.74, 6) is 0.451. The molecule has 164 valence electrons. The predicted octanol–water partition coefficient (Wildman–Crippen LogP) is 5.78. The molecule has 0 fully saturated rings. The van der Waals surface area contributed by atoms with Gasteiger partial charge in [0.1, 0.15) is 11.4 Å². The minimum Gasteiger partial charge on any atom is -0.495 e. The number of hydrogen-bond acceptors (Lipinski definition) is 6. The Bertz CT molecular complexity index is 1230. The number of rotatable bonds is 5. The van der Waals surface area contributed by atoms with Gasteiger partial charge in [0.15, 0.2) is 0 Å². The van der Waals surface area contributed by atoms with E-state index in [4.69, 9.17) is 21.1 Å². The molecule has 32 heavy (non-hydrogen) atoms. The fourth-order valence-electron chi connectivity index (χ4n) is 3.16. The van der Waals surface area contributed by atoms with E-state index in [-0.39, 0.29) is 17.4 Å². The fraction of sp³-hybridized carbons (Fsp3) is 0.250. The number of fused-ring (bicyclic) bond motifs is 1. The summed E-state index contributed by atoms with van der Waals surface area (Å²) < 4.78 is 11.2. The first-order chi connectivity index (χ1) is 15.1. The molecule has 0 bridgehead atoms. The molecular weight excluding hydrogens is 428 g/mol. The van der Waals surface area contributed by atoms with Gasteiger partial charge >= 0.3 is 6.09 Å². The highest BCUT2D eigenvalue weighted by molar-refractivity contribution is 6.28. The van der Waals surface area contributed by atoms with Crippen LogP contribution in [-0.4, -0.2) is 35.3 Å². The first-order valence-electron chi connectivity index (χ1n) is 9.81. The summed E-state index contributed by atoms with van der Waals surface area (Å²) >= 11 is 5.97. The molecular formula is C24H23ClN4O3. The fourth-order valence-corrected chi connectivity index (χ4v) is 3.31. The highest BCUT2D eigenvalue weighted by atomic mass is 35.5. The lowest BCUT2D eigenvalue weighted by atomic mass is 10.0. The number of nitriles is 1. The lowest BCUT2D eigenvalue weighted by Gasteiger charge is -2.29. The second kappa shape index (κ2) is 9.25. The van der Waals surface area contributed by atoms with Crippen LogP contribution in [0.4, 0.5) is 10.5 Å². The molecule has 0 radical (unpaired) electrons. The molecule has 0 saturated carbocycles. The summed E-state index contributed by atoms with van der Waals surface area (Å²) in [5.41, 5.74) is 1.35. The molecule has 3 aromatic rings. The van der Waals surface area contributed by atoms with Crippen molar-refractivity contribution in [1.82, 2.24) is 9.97 Å². The van der Waals surface area contributed by atoms with Crippen molar-refractivity contribution in [2.45, 2.75) is 26.4 Å². The maximum absolute atomic E-state index is 13.2. The monoisotopic (exact) mass is 450 g/mol. The van der Waals surface area contributed by atoms with Crippen LogP contribution in [0, 0.1) is 11.3 Å². The first-order valence-corrected chi connectivity index (χ1v) is 10.2. The first kappa shape index (κ1) is 23.0. The minimum absolute atomic E-state index is 0.0511. The zero-order chi connectivity index (χ0) is 23.5. The van der Waals surface area contributed by atoms with Crippen LogP contribution in [0.5, 0.6) is 5.75 Å². The van der Waals surface area contributed by atoms with Gasteiger partial charge in [-0.15, -0.1) is 0 Å². The Hall–Kier alpha value is -3.63. The Morgan fingerprint density at radius 1 is 1.25 bits per heavy atom. The van der Waals surface area contributed by atoms with Crippen LogP contribution >= 0.6 is 11.6 Å². The molecule has 0 aliphatic heterocycles. The molecule has 0 spiro atoms. The molecule has 2 aromatic carbocycles. The van der Waals surface area contributed by atoms with E-state index < -0.39 is 11.7 Å². The van der Waals surface area contributed by atoms with E-state index in [0.717, 1.165) is 10.9 Å². The number of nitrogens with zero attached hydrogens (tertiary/aromatic N) is 4. The molecule has 8 heteroatoms. The molecule has 0 unspecified atom stereocenters. The van der Waals surface area contributed by atoms with E-state index in [2.05, 4.69) is 16.5 Å². The lowest BCUT2D eigenvalue weighted by molar-refractivity contribution is 0.0583. The third-order valence-corrected chi connectivity index (χ3v) is 4.67. The van der Waals surface area contributed by atoms with Gasteiger partial charge in [0, 0.05) is 22.7 Å². The zero-order valence-corrected chi connectivity index (χ0v) is 19.1. The Morgan fingerprint density at radius 3 is 2.59 bits per heavy atom. The van der Waals surface area contributed by atoms with Crippen LogP contribution in [-0.2, 0) is 4.74 Å². The molecule has 3 rings (SSSR count). The summed E-state index contributed by atoms with van der Waals surface area (Å²) in [6, 6.07) is 13.1. The summed E-state index contributed by atoms with van der Waals surface area (Å²) in [7, 11) is 1.52. The number of carbonyl (C=O) groups is 1. The van der Waals surface area contributed by atoms with Crippen molar-refractivity contribution >= 4 is 34.2 Å². The quantitative estimate of drug-likeness (QED) is 0.361. The van der Waals surface area contributed by atoms with Gasteiger partial charge < -0.3 is 9.47 Å². The van der Waals surface area contributed by atoms with E-state index in [1.807, 2.05) is 30.3 Å². The number of anilines is 1. The average molecular weight is 451 g/mol. The molecule has 0 saturated heterocycles. The van der Waals surface area contributed by atoms with Crippen molar-refractivity contribution in [3.05, 3.63) is 60.0 Å². The maximum Gasteiger partial charge on any atom is 0.415 e. The lowest BCUT2D eigenvalue weighted by Crippen LogP contribution is -2.38. The van der Waals surface area contributed by atoms with Crippen LogP contribution in [0.2, 0.25) is 5.28 Å². The second-order valence-electron chi connectivity index (χ2n) is 8.05. The zero-order valence-electron chi connectivity index (χ0n) is 18.3. The normalized spacial score (nSPS) is 11.0. The number of benzene rings is 2. The van der Waals surface area contributed by atoms with Crippen LogP contribution < -0.4 is 9.64 Å². The number of aromatic nitrogens is 2. The van der Waals surface area contributed by atoms with E-state index in [1.54, 1.807) is 39.1 Å². The Kier molecular flexibility index (Phi) is 6.66. The van der Waals surface area contributed by atoms with Gasteiger partial charge in [-0.1, -0.05) is 24.8 Å². The van der Waals surface area contributed by atoms with E-state index >= 15 is 0 Å².